The Morgan fingerprint density at radius 1 is 1.44 bits per heavy atom. The minimum absolute atomic E-state index is 0.131. The summed E-state index contributed by atoms with van der Waals surface area (Å²) in [5.41, 5.74) is 1.15. The third kappa shape index (κ3) is 3.60. The van der Waals surface area contributed by atoms with Gasteiger partial charge in [0.1, 0.15) is 0 Å². The van der Waals surface area contributed by atoms with E-state index in [2.05, 4.69) is 22.4 Å². The van der Waals surface area contributed by atoms with E-state index in [9.17, 15) is 9.90 Å². The molecule has 2 aliphatic rings. The van der Waals surface area contributed by atoms with Crippen LogP contribution in [0.5, 0.6) is 0 Å². The van der Waals surface area contributed by atoms with E-state index < -0.39 is 11.4 Å². The molecule has 5 nitrogen and oxygen atoms in total. The number of nitriles is 1. The Hall–Kier alpha value is -2.16. The van der Waals surface area contributed by atoms with Crippen molar-refractivity contribution in [1.29, 1.82) is 5.26 Å². The molecule has 0 saturated carbocycles. The van der Waals surface area contributed by atoms with Crippen molar-refractivity contribution >= 4 is 5.97 Å². The molecule has 2 aliphatic heterocycles. The van der Waals surface area contributed by atoms with Crippen molar-refractivity contribution in [3.05, 3.63) is 48.0 Å². The number of hydrogen-bond acceptors (Lipinski definition) is 4. The molecule has 0 spiro atoms. The summed E-state index contributed by atoms with van der Waals surface area (Å²) < 4.78 is 0. The number of aliphatic carboxylic acids is 1. The molecule has 3 rings (SSSR count). The third-order valence-electron chi connectivity index (χ3n) is 5.62. The lowest BCUT2D eigenvalue weighted by molar-refractivity contribution is -0.150. The number of carboxylic acid groups (broad SMARTS) is 1. The third-order valence-corrected chi connectivity index (χ3v) is 5.62. The highest BCUT2D eigenvalue weighted by Gasteiger charge is 2.52. The molecule has 2 heterocycles. The average Bonchev–Trinajstić information content (AvgIpc) is 2.84. The number of likely N-dealkylation sites (tertiary alicyclic amines) is 2. The van der Waals surface area contributed by atoms with E-state index in [4.69, 9.17) is 5.26 Å². The molecule has 1 aromatic carbocycles. The van der Waals surface area contributed by atoms with E-state index in [-0.39, 0.29) is 5.92 Å². The van der Waals surface area contributed by atoms with Crippen molar-refractivity contribution in [3.63, 3.8) is 0 Å². The van der Waals surface area contributed by atoms with Crippen LogP contribution in [-0.2, 0) is 11.3 Å². The Kier molecular flexibility index (Phi) is 5.22. The normalized spacial score (nSPS) is 27.2. The van der Waals surface area contributed by atoms with Crippen molar-refractivity contribution in [1.82, 2.24) is 9.80 Å². The van der Waals surface area contributed by atoms with E-state index >= 15 is 0 Å². The van der Waals surface area contributed by atoms with Crippen LogP contribution in [0, 0.1) is 22.7 Å². The predicted molar refractivity (Wildman–Crippen MR) is 95.9 cm³/mol. The van der Waals surface area contributed by atoms with Gasteiger partial charge in [0.25, 0.3) is 0 Å². The number of fused-ring (bicyclic) bond motifs is 1. The summed E-state index contributed by atoms with van der Waals surface area (Å²) in [4.78, 5) is 16.7. The molecule has 2 saturated heterocycles. The molecule has 0 unspecified atom stereocenters. The largest absolute Gasteiger partial charge is 0.481 e. The summed E-state index contributed by atoms with van der Waals surface area (Å²) in [7, 11) is 0. The quantitative estimate of drug-likeness (QED) is 0.834. The highest BCUT2D eigenvalue weighted by Crippen LogP contribution is 2.43. The van der Waals surface area contributed by atoms with Crippen molar-refractivity contribution < 1.29 is 9.90 Å². The van der Waals surface area contributed by atoms with Gasteiger partial charge in [0.15, 0.2) is 0 Å². The van der Waals surface area contributed by atoms with Crippen molar-refractivity contribution in [3.8, 4) is 6.07 Å². The zero-order valence-corrected chi connectivity index (χ0v) is 14.5. The Labute approximate surface area is 149 Å². The monoisotopic (exact) mass is 339 g/mol. The fourth-order valence-electron chi connectivity index (χ4n) is 4.43. The van der Waals surface area contributed by atoms with Crippen LogP contribution in [-0.4, -0.2) is 53.6 Å². The summed E-state index contributed by atoms with van der Waals surface area (Å²) in [5, 5.41) is 19.0. The van der Waals surface area contributed by atoms with E-state index in [1.165, 1.54) is 0 Å². The van der Waals surface area contributed by atoms with Crippen LogP contribution in [0.3, 0.4) is 0 Å². The first-order valence-corrected chi connectivity index (χ1v) is 8.85. The van der Waals surface area contributed by atoms with Gasteiger partial charge in [0, 0.05) is 38.6 Å². The minimum Gasteiger partial charge on any atom is -0.481 e. The van der Waals surface area contributed by atoms with Gasteiger partial charge in [-0.3, -0.25) is 14.6 Å². The van der Waals surface area contributed by atoms with Crippen LogP contribution < -0.4 is 0 Å². The molecule has 0 aliphatic carbocycles. The van der Waals surface area contributed by atoms with Crippen LogP contribution in [0.2, 0.25) is 0 Å². The zero-order valence-electron chi connectivity index (χ0n) is 14.5. The van der Waals surface area contributed by atoms with Gasteiger partial charge in [-0.1, -0.05) is 18.2 Å². The second-order valence-corrected chi connectivity index (χ2v) is 7.29. The summed E-state index contributed by atoms with van der Waals surface area (Å²) >= 11 is 0. The van der Waals surface area contributed by atoms with Gasteiger partial charge < -0.3 is 5.11 Å². The van der Waals surface area contributed by atoms with Crippen LogP contribution in [0.4, 0.5) is 0 Å². The lowest BCUT2D eigenvalue weighted by Crippen LogP contribution is -2.41. The highest BCUT2D eigenvalue weighted by atomic mass is 16.4. The van der Waals surface area contributed by atoms with Crippen LogP contribution in [0.25, 0.3) is 0 Å². The predicted octanol–water partition coefficient (Wildman–Crippen LogP) is 2.34. The SMILES string of the molecule is C=CCN1C[C@@H]2CN(Cc3cccc(C#N)c3)CCC[C@]2(C(=O)O)C1. The second-order valence-electron chi connectivity index (χ2n) is 7.29. The average molecular weight is 339 g/mol. The first-order valence-electron chi connectivity index (χ1n) is 8.85. The maximum absolute atomic E-state index is 12.1. The van der Waals surface area contributed by atoms with Gasteiger partial charge in [-0.05, 0) is 37.1 Å². The van der Waals surface area contributed by atoms with Gasteiger partial charge in [-0.2, -0.15) is 5.26 Å². The molecule has 0 aromatic heterocycles. The van der Waals surface area contributed by atoms with E-state index in [1.54, 1.807) is 0 Å². The molecule has 0 amide bonds. The Morgan fingerprint density at radius 3 is 2.96 bits per heavy atom. The number of nitrogens with zero attached hydrogens (tertiary/aromatic N) is 3. The molecule has 0 bridgehead atoms. The molecule has 2 atom stereocenters. The zero-order chi connectivity index (χ0) is 17.9. The maximum atomic E-state index is 12.1. The first kappa shape index (κ1) is 17.7. The van der Waals surface area contributed by atoms with Crippen molar-refractivity contribution in [2.75, 3.05) is 32.7 Å². The van der Waals surface area contributed by atoms with Gasteiger partial charge in [-0.15, -0.1) is 6.58 Å². The fraction of sp³-hybridized carbons (Fsp3) is 0.500. The van der Waals surface area contributed by atoms with Gasteiger partial charge >= 0.3 is 5.97 Å². The Balaban J connectivity index is 1.76. The van der Waals surface area contributed by atoms with Gasteiger partial charge in [0.05, 0.1) is 17.0 Å². The second kappa shape index (κ2) is 7.38. The molecule has 1 aromatic rings. The van der Waals surface area contributed by atoms with Crippen LogP contribution in [0.1, 0.15) is 24.0 Å². The Morgan fingerprint density at radius 2 is 2.24 bits per heavy atom. The number of rotatable bonds is 5. The maximum Gasteiger partial charge on any atom is 0.311 e. The lowest BCUT2D eigenvalue weighted by Gasteiger charge is -2.29. The van der Waals surface area contributed by atoms with Crippen LogP contribution >= 0.6 is 0 Å². The number of carbonyl (C=O) groups is 1. The first-order chi connectivity index (χ1) is 12.1. The fourth-order valence-corrected chi connectivity index (χ4v) is 4.43. The van der Waals surface area contributed by atoms with Crippen LogP contribution in [0.15, 0.2) is 36.9 Å². The highest BCUT2D eigenvalue weighted by molar-refractivity contribution is 5.76. The standard InChI is InChI=1S/C20H25N3O2/c1-2-8-23-14-18-13-22(9-4-7-20(18,15-23)19(24)25)12-17-6-3-5-16(10-17)11-21/h2-3,5-6,10,18H,1,4,7-9,12-15H2,(H,24,25)/t18-,20-/m0/s1. The molecule has 5 heteroatoms. The number of carboxylic acids is 1. The Bertz CT molecular complexity index is 696. The van der Waals surface area contributed by atoms with E-state index in [0.29, 0.717) is 12.1 Å². The van der Waals surface area contributed by atoms with Crippen molar-refractivity contribution in [2.45, 2.75) is 19.4 Å². The van der Waals surface area contributed by atoms with Crippen molar-refractivity contribution in [2.24, 2.45) is 11.3 Å². The van der Waals surface area contributed by atoms with Gasteiger partial charge in [-0.25, -0.2) is 0 Å². The molecular formula is C20H25N3O2. The topological polar surface area (TPSA) is 67.6 Å². The molecule has 1 N–H and O–H groups in total. The van der Waals surface area contributed by atoms with E-state index in [0.717, 1.165) is 51.1 Å². The summed E-state index contributed by atoms with van der Waals surface area (Å²) in [6, 6.07) is 9.87. The lowest BCUT2D eigenvalue weighted by atomic mass is 9.75. The summed E-state index contributed by atoms with van der Waals surface area (Å²) in [6.45, 7) is 8.43. The van der Waals surface area contributed by atoms with Gasteiger partial charge in [0.2, 0.25) is 0 Å². The number of hydrogen-bond donors (Lipinski definition) is 1. The molecule has 132 valence electrons. The minimum atomic E-state index is -0.655. The molecular weight excluding hydrogens is 314 g/mol. The summed E-state index contributed by atoms with van der Waals surface area (Å²) in [5.74, 6) is -0.524. The van der Waals surface area contributed by atoms with E-state index in [1.807, 2.05) is 30.3 Å². The summed E-state index contributed by atoms with van der Waals surface area (Å²) in [6.07, 6.45) is 3.48. The smallest absolute Gasteiger partial charge is 0.311 e. The molecule has 0 radical (unpaired) electrons. The number of benzene rings is 1. The molecule has 2 fully saturated rings. The molecule has 25 heavy (non-hydrogen) atoms.